The molecular formula is C22H18N4O6. The van der Waals surface area contributed by atoms with E-state index in [1.165, 1.54) is 37.5 Å². The molecule has 10 heteroatoms. The third kappa shape index (κ3) is 5.30. The number of rotatable bonds is 8. The van der Waals surface area contributed by atoms with Crippen molar-refractivity contribution in [3.63, 3.8) is 0 Å². The van der Waals surface area contributed by atoms with Crippen LogP contribution in [0.3, 0.4) is 0 Å². The number of carbonyl (C=O) groups excluding carboxylic acids is 2. The van der Waals surface area contributed by atoms with Gasteiger partial charge in [0.2, 0.25) is 0 Å². The summed E-state index contributed by atoms with van der Waals surface area (Å²) in [7, 11) is 0. The van der Waals surface area contributed by atoms with Crippen LogP contribution in [0.4, 0.5) is 0 Å². The van der Waals surface area contributed by atoms with Gasteiger partial charge in [0.15, 0.2) is 0 Å². The van der Waals surface area contributed by atoms with E-state index in [-0.39, 0.29) is 13.1 Å². The van der Waals surface area contributed by atoms with Crippen LogP contribution in [0, 0.1) is 0 Å². The van der Waals surface area contributed by atoms with E-state index in [2.05, 4.69) is 10.2 Å². The lowest BCUT2D eigenvalue weighted by atomic mass is 10.4. The molecule has 0 saturated carbocycles. The maximum absolute atomic E-state index is 13.1. The fourth-order valence-corrected chi connectivity index (χ4v) is 2.63. The normalized spacial score (nSPS) is 11.4. The molecule has 0 radical (unpaired) electrons. The van der Waals surface area contributed by atoms with Crippen LogP contribution in [0.5, 0.6) is 0 Å². The van der Waals surface area contributed by atoms with Gasteiger partial charge in [-0.15, -0.1) is 0 Å². The maximum Gasteiger partial charge on any atom is 0.334 e. The van der Waals surface area contributed by atoms with E-state index >= 15 is 0 Å². The van der Waals surface area contributed by atoms with Crippen molar-refractivity contribution < 1.29 is 27.3 Å². The van der Waals surface area contributed by atoms with Crippen molar-refractivity contribution in [2.24, 2.45) is 10.2 Å². The molecule has 4 heterocycles. The van der Waals surface area contributed by atoms with Gasteiger partial charge in [-0.25, -0.2) is 10.0 Å². The quantitative estimate of drug-likeness (QED) is 0.238. The van der Waals surface area contributed by atoms with E-state index in [0.29, 0.717) is 23.0 Å². The van der Waals surface area contributed by atoms with Crippen LogP contribution in [0.15, 0.2) is 101 Å². The summed E-state index contributed by atoms with van der Waals surface area (Å²) in [6, 6.07) is 13.4. The molecule has 2 amide bonds. The molecule has 10 nitrogen and oxygen atoms in total. The first kappa shape index (κ1) is 20.7. The van der Waals surface area contributed by atoms with Crippen LogP contribution in [-0.2, 0) is 22.7 Å². The Balaban J connectivity index is 1.57. The molecule has 0 aliphatic heterocycles. The standard InChI is InChI=1S/C22H18N4O6/c27-21(25(15-19-7-3-11-31-19)23-13-17-5-1-9-29-17)22(28)26(16-20-8-4-12-32-20)24-14-18-6-2-10-30-18/h1-14H,15-16H2/b23-13+,24-14+. The topological polar surface area (TPSA) is 118 Å². The van der Waals surface area contributed by atoms with Crippen LogP contribution in [-0.4, -0.2) is 34.3 Å². The summed E-state index contributed by atoms with van der Waals surface area (Å²) in [6.07, 6.45) is 8.54. The fourth-order valence-electron chi connectivity index (χ4n) is 2.63. The second kappa shape index (κ2) is 9.94. The Morgan fingerprint density at radius 3 is 1.41 bits per heavy atom. The number of hydrazone groups is 2. The highest BCUT2D eigenvalue weighted by atomic mass is 16.3. The van der Waals surface area contributed by atoms with E-state index < -0.39 is 11.8 Å². The van der Waals surface area contributed by atoms with Crippen LogP contribution >= 0.6 is 0 Å². The van der Waals surface area contributed by atoms with Gasteiger partial charge >= 0.3 is 11.8 Å². The van der Waals surface area contributed by atoms with Gasteiger partial charge in [-0.1, -0.05) is 0 Å². The van der Waals surface area contributed by atoms with Crippen LogP contribution in [0.2, 0.25) is 0 Å². The molecule has 4 aromatic heterocycles. The largest absolute Gasteiger partial charge is 0.467 e. The van der Waals surface area contributed by atoms with Gasteiger partial charge in [-0.3, -0.25) is 9.59 Å². The van der Waals surface area contributed by atoms with Crippen LogP contribution in [0.25, 0.3) is 0 Å². The lowest BCUT2D eigenvalue weighted by Crippen LogP contribution is -2.40. The Labute approximate surface area is 182 Å². The first-order valence-corrected chi connectivity index (χ1v) is 9.52. The second-order valence-electron chi connectivity index (χ2n) is 6.40. The lowest BCUT2D eigenvalue weighted by molar-refractivity contribution is -0.152. The van der Waals surface area contributed by atoms with Crippen molar-refractivity contribution in [1.82, 2.24) is 10.0 Å². The summed E-state index contributed by atoms with van der Waals surface area (Å²) < 4.78 is 21.0. The molecule has 0 bridgehead atoms. The second-order valence-corrected chi connectivity index (χ2v) is 6.40. The van der Waals surface area contributed by atoms with E-state index in [1.807, 2.05) is 0 Å². The minimum Gasteiger partial charge on any atom is -0.467 e. The van der Waals surface area contributed by atoms with Crippen molar-refractivity contribution in [2.75, 3.05) is 0 Å². The number of amides is 2. The molecule has 0 aliphatic rings. The minimum atomic E-state index is -0.924. The monoisotopic (exact) mass is 434 g/mol. The zero-order valence-corrected chi connectivity index (χ0v) is 16.7. The van der Waals surface area contributed by atoms with E-state index in [9.17, 15) is 9.59 Å². The number of carbonyl (C=O) groups is 2. The molecule has 0 saturated heterocycles. The van der Waals surface area contributed by atoms with Crippen molar-refractivity contribution in [3.8, 4) is 0 Å². The zero-order chi connectivity index (χ0) is 22.2. The molecule has 4 rings (SSSR count). The summed E-state index contributed by atoms with van der Waals surface area (Å²) in [5.41, 5.74) is 0. The molecule has 32 heavy (non-hydrogen) atoms. The molecular weight excluding hydrogens is 416 g/mol. The predicted octanol–water partition coefficient (Wildman–Crippen LogP) is 3.48. The summed E-state index contributed by atoms with van der Waals surface area (Å²) >= 11 is 0. The molecule has 0 N–H and O–H groups in total. The van der Waals surface area contributed by atoms with Gasteiger partial charge in [0, 0.05) is 0 Å². The highest BCUT2D eigenvalue weighted by Crippen LogP contribution is 2.12. The minimum absolute atomic E-state index is 0.0642. The Bertz CT molecular complexity index is 1070. The van der Waals surface area contributed by atoms with E-state index in [4.69, 9.17) is 17.7 Å². The number of hydrogen-bond acceptors (Lipinski definition) is 8. The fraction of sp³-hybridized carbons (Fsp3) is 0.0909. The van der Waals surface area contributed by atoms with E-state index in [0.717, 1.165) is 10.0 Å². The number of hydrogen-bond donors (Lipinski definition) is 0. The predicted molar refractivity (Wildman–Crippen MR) is 111 cm³/mol. The Kier molecular flexibility index (Phi) is 6.42. The summed E-state index contributed by atoms with van der Waals surface area (Å²) in [5, 5.41) is 10.2. The Hall–Kier alpha value is -4.60. The molecule has 0 spiro atoms. The SMILES string of the molecule is O=C(C(=O)N(Cc1ccco1)/N=C/c1ccco1)N(Cc1ccco1)/N=C/c1ccco1. The molecule has 0 fully saturated rings. The average molecular weight is 434 g/mol. The zero-order valence-electron chi connectivity index (χ0n) is 16.7. The van der Waals surface area contributed by atoms with E-state index in [1.54, 1.807) is 48.5 Å². The molecule has 0 unspecified atom stereocenters. The van der Waals surface area contributed by atoms with Gasteiger partial charge in [-0.05, 0) is 48.5 Å². The highest BCUT2D eigenvalue weighted by Gasteiger charge is 2.28. The van der Waals surface area contributed by atoms with Crippen LogP contribution < -0.4 is 0 Å². The summed E-state index contributed by atoms with van der Waals surface area (Å²) in [6.45, 7) is -0.128. The first-order valence-electron chi connectivity index (χ1n) is 9.52. The number of nitrogens with zero attached hydrogens (tertiary/aromatic N) is 4. The highest BCUT2D eigenvalue weighted by molar-refractivity contribution is 6.34. The average Bonchev–Trinajstić information content (AvgIpc) is 3.62. The number of furan rings is 4. The van der Waals surface area contributed by atoms with Crippen molar-refractivity contribution in [2.45, 2.75) is 13.1 Å². The van der Waals surface area contributed by atoms with Gasteiger partial charge in [0.05, 0.1) is 37.5 Å². The third-order valence-electron chi connectivity index (χ3n) is 4.16. The molecule has 0 aromatic carbocycles. The van der Waals surface area contributed by atoms with Crippen LogP contribution in [0.1, 0.15) is 23.0 Å². The molecule has 0 aliphatic carbocycles. The molecule has 162 valence electrons. The molecule has 0 atom stereocenters. The van der Waals surface area contributed by atoms with Gasteiger partial charge in [-0.2, -0.15) is 10.2 Å². The van der Waals surface area contributed by atoms with Gasteiger partial charge in [0.1, 0.15) is 36.1 Å². The third-order valence-corrected chi connectivity index (χ3v) is 4.16. The van der Waals surface area contributed by atoms with Crippen molar-refractivity contribution in [1.29, 1.82) is 0 Å². The van der Waals surface area contributed by atoms with Gasteiger partial charge in [0.25, 0.3) is 0 Å². The van der Waals surface area contributed by atoms with Crippen molar-refractivity contribution >= 4 is 24.2 Å². The Morgan fingerprint density at radius 1 is 0.656 bits per heavy atom. The molecule has 4 aromatic rings. The summed E-state index contributed by atoms with van der Waals surface area (Å²) in [4.78, 5) is 26.2. The Morgan fingerprint density at radius 2 is 1.06 bits per heavy atom. The maximum atomic E-state index is 13.1. The first-order chi connectivity index (χ1) is 15.7. The summed E-state index contributed by atoms with van der Waals surface area (Å²) in [5.74, 6) is -0.130. The van der Waals surface area contributed by atoms with Crippen molar-refractivity contribution in [3.05, 3.63) is 96.6 Å². The van der Waals surface area contributed by atoms with Gasteiger partial charge < -0.3 is 17.7 Å². The lowest BCUT2D eigenvalue weighted by Gasteiger charge is -2.19. The smallest absolute Gasteiger partial charge is 0.334 e.